The van der Waals surface area contributed by atoms with E-state index in [0.29, 0.717) is 0 Å². The number of hydrogen-bond donors (Lipinski definition) is 2. The zero-order valence-electron chi connectivity index (χ0n) is 9.40. The predicted molar refractivity (Wildman–Crippen MR) is 61.9 cm³/mol. The molecule has 0 amide bonds. The van der Waals surface area contributed by atoms with E-state index in [0.717, 1.165) is 4.31 Å². The molecular formula is C8H13N3O5S2. The van der Waals surface area contributed by atoms with Crippen LogP contribution in [-0.2, 0) is 26.5 Å². The first-order chi connectivity index (χ1) is 8.37. The van der Waals surface area contributed by atoms with Gasteiger partial charge in [0.15, 0.2) is 14.9 Å². The summed E-state index contributed by atoms with van der Waals surface area (Å²) in [4.78, 5) is 0. The number of nitrogens with one attached hydrogen (secondary N) is 1. The van der Waals surface area contributed by atoms with Crippen molar-refractivity contribution in [2.24, 2.45) is 0 Å². The normalized spacial score (nSPS) is 20.9. The van der Waals surface area contributed by atoms with Crippen LogP contribution in [0.2, 0.25) is 0 Å². The van der Waals surface area contributed by atoms with Crippen molar-refractivity contribution in [2.75, 3.05) is 24.6 Å². The van der Waals surface area contributed by atoms with Gasteiger partial charge < -0.3 is 5.11 Å². The van der Waals surface area contributed by atoms with Crippen molar-refractivity contribution in [2.45, 2.75) is 11.6 Å². The highest BCUT2D eigenvalue weighted by molar-refractivity contribution is 7.92. The molecule has 18 heavy (non-hydrogen) atoms. The zero-order valence-corrected chi connectivity index (χ0v) is 11.0. The van der Waals surface area contributed by atoms with Crippen molar-refractivity contribution in [3.8, 4) is 0 Å². The predicted octanol–water partition coefficient (Wildman–Crippen LogP) is -1.68. The minimum atomic E-state index is -3.82. The maximum atomic E-state index is 12.2. The summed E-state index contributed by atoms with van der Waals surface area (Å²) in [6.45, 7) is -0.597. The number of hydrogen-bond acceptors (Lipinski definition) is 6. The standard InChI is InChI=1S/C8H13N3O5S2/c12-6-7-5-9-10-8(7)18(15,16)11-1-3-17(13,14)4-2-11/h5,12H,1-4,6H2,(H,9,10). The van der Waals surface area contributed by atoms with E-state index in [9.17, 15) is 16.8 Å². The van der Waals surface area contributed by atoms with Gasteiger partial charge in [-0.2, -0.15) is 9.40 Å². The van der Waals surface area contributed by atoms with Gasteiger partial charge in [0.1, 0.15) is 0 Å². The topological polar surface area (TPSA) is 120 Å². The third-order valence-corrected chi connectivity index (χ3v) is 6.27. The molecule has 2 N–H and O–H groups in total. The van der Waals surface area contributed by atoms with Crippen LogP contribution in [0.25, 0.3) is 0 Å². The summed E-state index contributed by atoms with van der Waals surface area (Å²) in [5.41, 5.74) is 0.170. The van der Waals surface area contributed by atoms with Crippen LogP contribution in [-0.4, -0.2) is 61.0 Å². The number of aliphatic hydroxyl groups is 1. The van der Waals surface area contributed by atoms with Crippen molar-refractivity contribution >= 4 is 19.9 Å². The summed E-state index contributed by atoms with van der Waals surface area (Å²) in [6.07, 6.45) is 1.23. The van der Waals surface area contributed by atoms with E-state index in [-0.39, 0.29) is 35.2 Å². The molecule has 1 saturated heterocycles. The number of H-pyrrole nitrogens is 1. The molecule has 0 unspecified atom stereocenters. The molecule has 0 bridgehead atoms. The number of sulfone groups is 1. The lowest BCUT2D eigenvalue weighted by atomic mass is 10.4. The van der Waals surface area contributed by atoms with E-state index < -0.39 is 26.5 Å². The summed E-state index contributed by atoms with van der Waals surface area (Å²) in [7, 11) is -6.96. The fourth-order valence-corrected chi connectivity index (χ4v) is 4.67. The van der Waals surface area contributed by atoms with Crippen molar-refractivity contribution in [1.82, 2.24) is 14.5 Å². The molecule has 0 saturated carbocycles. The molecular weight excluding hydrogens is 282 g/mol. The van der Waals surface area contributed by atoms with Crippen LogP contribution in [0.5, 0.6) is 0 Å². The second kappa shape index (κ2) is 4.61. The van der Waals surface area contributed by atoms with Crippen molar-refractivity contribution < 1.29 is 21.9 Å². The van der Waals surface area contributed by atoms with Crippen LogP contribution in [0.15, 0.2) is 11.2 Å². The molecule has 8 nitrogen and oxygen atoms in total. The molecule has 0 aromatic carbocycles. The Morgan fingerprint density at radius 1 is 1.39 bits per heavy atom. The fraction of sp³-hybridized carbons (Fsp3) is 0.625. The van der Waals surface area contributed by atoms with Gasteiger partial charge in [0.2, 0.25) is 0 Å². The molecule has 1 aromatic heterocycles. The van der Waals surface area contributed by atoms with Gasteiger partial charge in [0.05, 0.1) is 24.3 Å². The number of nitrogens with zero attached hydrogens (tertiary/aromatic N) is 2. The van der Waals surface area contributed by atoms with E-state index in [4.69, 9.17) is 5.11 Å². The highest BCUT2D eigenvalue weighted by atomic mass is 32.2. The Balaban J connectivity index is 2.28. The molecule has 1 fully saturated rings. The van der Waals surface area contributed by atoms with E-state index in [1.807, 2.05) is 0 Å². The number of rotatable bonds is 3. The molecule has 0 atom stereocenters. The lowest BCUT2D eigenvalue weighted by Crippen LogP contribution is -2.43. The number of aliphatic hydroxyl groups excluding tert-OH is 1. The van der Waals surface area contributed by atoms with E-state index in [1.165, 1.54) is 6.20 Å². The number of aromatic amines is 1. The summed E-state index contributed by atoms with van der Waals surface area (Å²) in [5, 5.41) is 14.7. The second-order valence-corrected chi connectivity index (χ2v) is 8.12. The van der Waals surface area contributed by atoms with Crippen LogP contribution >= 0.6 is 0 Å². The molecule has 0 aliphatic carbocycles. The third-order valence-electron chi connectivity index (χ3n) is 2.75. The largest absolute Gasteiger partial charge is 0.392 e. The molecule has 0 spiro atoms. The van der Waals surface area contributed by atoms with Crippen molar-refractivity contribution in [1.29, 1.82) is 0 Å². The quantitative estimate of drug-likeness (QED) is 0.687. The average Bonchev–Trinajstić information content (AvgIpc) is 2.77. The van der Waals surface area contributed by atoms with Gasteiger partial charge in [0, 0.05) is 18.7 Å². The maximum absolute atomic E-state index is 12.2. The van der Waals surface area contributed by atoms with Crippen LogP contribution in [0.3, 0.4) is 0 Å². The zero-order chi connectivity index (χ0) is 13.4. The van der Waals surface area contributed by atoms with Crippen LogP contribution < -0.4 is 0 Å². The number of aromatic nitrogens is 2. The van der Waals surface area contributed by atoms with Crippen LogP contribution in [0.4, 0.5) is 0 Å². The van der Waals surface area contributed by atoms with Crippen LogP contribution in [0, 0.1) is 0 Å². The van der Waals surface area contributed by atoms with Gasteiger partial charge in [-0.15, -0.1) is 0 Å². The van der Waals surface area contributed by atoms with Crippen molar-refractivity contribution in [3.63, 3.8) is 0 Å². The summed E-state index contributed by atoms with van der Waals surface area (Å²) < 4.78 is 48.0. The lowest BCUT2D eigenvalue weighted by Gasteiger charge is -2.25. The summed E-state index contributed by atoms with van der Waals surface area (Å²) >= 11 is 0. The molecule has 1 aromatic rings. The van der Waals surface area contributed by atoms with Crippen LogP contribution in [0.1, 0.15) is 5.56 Å². The van der Waals surface area contributed by atoms with Gasteiger partial charge in [-0.3, -0.25) is 5.10 Å². The van der Waals surface area contributed by atoms with Crippen molar-refractivity contribution in [3.05, 3.63) is 11.8 Å². The van der Waals surface area contributed by atoms with E-state index in [1.54, 1.807) is 0 Å². The smallest absolute Gasteiger partial charge is 0.260 e. The Morgan fingerprint density at radius 2 is 2.00 bits per heavy atom. The molecule has 1 aliphatic heterocycles. The highest BCUT2D eigenvalue weighted by Crippen LogP contribution is 2.19. The molecule has 2 heterocycles. The Kier molecular flexibility index (Phi) is 3.45. The highest BCUT2D eigenvalue weighted by Gasteiger charge is 2.33. The maximum Gasteiger partial charge on any atom is 0.260 e. The molecule has 2 rings (SSSR count). The fourth-order valence-electron chi connectivity index (χ4n) is 1.70. The Labute approximate surface area is 105 Å². The lowest BCUT2D eigenvalue weighted by molar-refractivity contribution is 0.278. The minimum Gasteiger partial charge on any atom is -0.392 e. The van der Waals surface area contributed by atoms with E-state index >= 15 is 0 Å². The first kappa shape index (κ1) is 13.5. The number of sulfonamides is 1. The molecule has 10 heteroatoms. The third kappa shape index (κ3) is 2.41. The molecule has 102 valence electrons. The van der Waals surface area contributed by atoms with Gasteiger partial charge in [-0.25, -0.2) is 16.8 Å². The monoisotopic (exact) mass is 295 g/mol. The van der Waals surface area contributed by atoms with Gasteiger partial charge >= 0.3 is 0 Å². The Morgan fingerprint density at radius 3 is 2.56 bits per heavy atom. The molecule has 1 aliphatic rings. The Hall–Kier alpha value is -0.970. The summed E-state index contributed by atoms with van der Waals surface area (Å²) in [5.74, 6) is -0.371. The molecule has 0 radical (unpaired) electrons. The van der Waals surface area contributed by atoms with Gasteiger partial charge in [0.25, 0.3) is 10.0 Å². The SMILES string of the molecule is O=S1(=O)CCN(S(=O)(=O)c2[nH]ncc2CO)CC1. The first-order valence-corrected chi connectivity index (χ1v) is 8.46. The van der Waals surface area contributed by atoms with E-state index in [2.05, 4.69) is 10.2 Å². The minimum absolute atomic E-state index is 0.0748. The second-order valence-electron chi connectivity index (χ2n) is 3.94. The van der Waals surface area contributed by atoms with Gasteiger partial charge in [-0.1, -0.05) is 0 Å². The summed E-state index contributed by atoms with van der Waals surface area (Å²) in [6, 6.07) is 0. The van der Waals surface area contributed by atoms with Gasteiger partial charge in [-0.05, 0) is 0 Å². The first-order valence-electron chi connectivity index (χ1n) is 5.20. The Bertz CT molecular complexity index is 619. The average molecular weight is 295 g/mol.